The smallest absolute Gasteiger partial charge is 0.231 e. The van der Waals surface area contributed by atoms with Gasteiger partial charge in [-0.3, -0.25) is 14.7 Å². The first-order chi connectivity index (χ1) is 17.5. The lowest BCUT2D eigenvalue weighted by molar-refractivity contribution is -0.164. The van der Waals surface area contributed by atoms with Crippen molar-refractivity contribution in [1.82, 2.24) is 15.5 Å². The number of aromatic nitrogens is 2. The molecule has 0 saturated heterocycles. The first-order valence-corrected chi connectivity index (χ1v) is 13.3. The van der Waals surface area contributed by atoms with Crippen molar-refractivity contribution in [3.63, 3.8) is 0 Å². The fraction of sp³-hybridized carbons (Fsp3) is 0.433. The number of benzene rings is 2. The van der Waals surface area contributed by atoms with Gasteiger partial charge in [-0.15, -0.1) is 0 Å². The topological polar surface area (TPSA) is 86.9 Å². The maximum atomic E-state index is 13.7. The van der Waals surface area contributed by atoms with Gasteiger partial charge < -0.3 is 10.6 Å². The highest BCUT2D eigenvalue weighted by atomic mass is 16.2. The maximum Gasteiger partial charge on any atom is 0.231 e. The highest BCUT2D eigenvalue weighted by Gasteiger charge is 2.63. The monoisotopic (exact) mass is 482 g/mol. The first kappa shape index (κ1) is 23.0. The Kier molecular flexibility index (Phi) is 5.90. The van der Waals surface area contributed by atoms with Crippen LogP contribution in [0.15, 0.2) is 66.7 Å². The van der Waals surface area contributed by atoms with E-state index in [4.69, 9.17) is 0 Å². The van der Waals surface area contributed by atoms with Crippen LogP contribution < -0.4 is 10.6 Å². The lowest BCUT2D eigenvalue weighted by atomic mass is 9.43. The molecule has 7 rings (SSSR count). The largest absolute Gasteiger partial charge is 0.356 e. The van der Waals surface area contributed by atoms with Gasteiger partial charge in [0, 0.05) is 12.6 Å². The third-order valence-corrected chi connectivity index (χ3v) is 8.70. The summed E-state index contributed by atoms with van der Waals surface area (Å²) in [5.74, 6) is 1.64. The molecule has 1 heterocycles. The zero-order chi connectivity index (χ0) is 24.6. The van der Waals surface area contributed by atoms with Crippen molar-refractivity contribution in [2.75, 3.05) is 11.9 Å². The summed E-state index contributed by atoms with van der Waals surface area (Å²) in [7, 11) is 0. The summed E-state index contributed by atoms with van der Waals surface area (Å²) in [4.78, 5) is 27.2. The molecular formula is C30H34N4O2. The summed E-state index contributed by atoms with van der Waals surface area (Å²) in [5, 5.41) is 13.7. The fourth-order valence-electron chi connectivity index (χ4n) is 7.52. The van der Waals surface area contributed by atoms with Crippen molar-refractivity contribution in [2.45, 2.75) is 51.4 Å². The Labute approximate surface area is 212 Å². The van der Waals surface area contributed by atoms with E-state index >= 15 is 0 Å². The molecule has 4 bridgehead atoms. The van der Waals surface area contributed by atoms with Gasteiger partial charge >= 0.3 is 0 Å². The van der Waals surface area contributed by atoms with E-state index in [2.05, 4.69) is 45.1 Å². The summed E-state index contributed by atoms with van der Waals surface area (Å²) in [5.41, 5.74) is 2.32. The Morgan fingerprint density at radius 2 is 1.53 bits per heavy atom. The zero-order valence-electron chi connectivity index (χ0n) is 20.6. The van der Waals surface area contributed by atoms with Gasteiger partial charge in [-0.1, -0.05) is 60.7 Å². The van der Waals surface area contributed by atoms with Crippen LogP contribution >= 0.6 is 0 Å². The molecule has 4 saturated carbocycles. The predicted molar refractivity (Wildman–Crippen MR) is 140 cm³/mol. The number of hydrogen-bond donors (Lipinski definition) is 3. The molecule has 0 aliphatic heterocycles. The molecule has 2 unspecified atom stereocenters. The molecule has 2 amide bonds. The van der Waals surface area contributed by atoms with E-state index in [0.717, 1.165) is 56.2 Å². The molecule has 186 valence electrons. The molecule has 0 radical (unpaired) electrons. The summed E-state index contributed by atoms with van der Waals surface area (Å²) >= 11 is 0. The third kappa shape index (κ3) is 4.34. The SMILES string of the molecule is O=C(NCCCc1ccccc1)C12CC3CC(C1)CC(C(=O)Nc1cc(-c4ccccc4)[nH]n1)(C3)C2. The van der Waals surface area contributed by atoms with E-state index in [1.54, 1.807) is 0 Å². The fourth-order valence-corrected chi connectivity index (χ4v) is 7.52. The summed E-state index contributed by atoms with van der Waals surface area (Å²) < 4.78 is 0. The maximum absolute atomic E-state index is 13.7. The molecule has 1 aromatic heterocycles. The standard InChI is InChI=1S/C30H34N4O2/c35-27(31-13-7-10-21-8-3-1-4-9-21)29-16-22-14-23(17-29)19-30(18-22,20-29)28(36)32-26-15-25(33-34-26)24-11-5-2-6-12-24/h1-6,8-9,11-12,15,22-23H,7,10,13-14,16-20H2,(H,31,35)(H2,32,33,34,36). The van der Waals surface area contributed by atoms with Crippen LogP contribution in [0.1, 0.15) is 50.5 Å². The Morgan fingerprint density at radius 3 is 2.22 bits per heavy atom. The number of carbonyl (C=O) groups is 2. The van der Waals surface area contributed by atoms with E-state index in [0.29, 0.717) is 30.6 Å². The molecular weight excluding hydrogens is 448 g/mol. The van der Waals surface area contributed by atoms with Gasteiger partial charge in [0.2, 0.25) is 11.8 Å². The van der Waals surface area contributed by atoms with E-state index in [1.165, 1.54) is 5.56 Å². The van der Waals surface area contributed by atoms with Crippen molar-refractivity contribution in [3.8, 4) is 11.3 Å². The lowest BCUT2D eigenvalue weighted by Gasteiger charge is -2.60. The van der Waals surface area contributed by atoms with Crippen LogP contribution in [0.5, 0.6) is 0 Å². The number of H-pyrrole nitrogens is 1. The van der Waals surface area contributed by atoms with Crippen LogP contribution in [0.3, 0.4) is 0 Å². The van der Waals surface area contributed by atoms with Crippen molar-refractivity contribution in [3.05, 3.63) is 72.3 Å². The van der Waals surface area contributed by atoms with Crippen LogP contribution in [0.4, 0.5) is 5.82 Å². The Balaban J connectivity index is 1.12. The second-order valence-electron chi connectivity index (χ2n) is 11.4. The second-order valence-corrected chi connectivity index (χ2v) is 11.4. The Hall–Kier alpha value is -3.41. The number of amides is 2. The minimum Gasteiger partial charge on any atom is -0.356 e. The molecule has 3 N–H and O–H groups in total. The number of hydrogen-bond acceptors (Lipinski definition) is 3. The number of aryl methyl sites for hydroxylation is 1. The predicted octanol–water partition coefficient (Wildman–Crippen LogP) is 5.35. The van der Waals surface area contributed by atoms with Crippen LogP contribution in [-0.2, 0) is 16.0 Å². The minimum atomic E-state index is -0.475. The van der Waals surface area contributed by atoms with Crippen molar-refractivity contribution in [1.29, 1.82) is 0 Å². The van der Waals surface area contributed by atoms with Gasteiger partial charge in [-0.25, -0.2) is 0 Å². The second kappa shape index (κ2) is 9.23. The van der Waals surface area contributed by atoms with Crippen LogP contribution in [0.25, 0.3) is 11.3 Å². The third-order valence-electron chi connectivity index (χ3n) is 8.70. The lowest BCUT2D eigenvalue weighted by Crippen LogP contribution is -2.60. The zero-order valence-corrected chi connectivity index (χ0v) is 20.6. The number of anilines is 1. The highest BCUT2D eigenvalue weighted by Crippen LogP contribution is 2.65. The van der Waals surface area contributed by atoms with E-state index in [-0.39, 0.29) is 11.8 Å². The molecule has 2 aromatic carbocycles. The van der Waals surface area contributed by atoms with Crippen LogP contribution in [0.2, 0.25) is 0 Å². The molecule has 6 heteroatoms. The molecule has 6 nitrogen and oxygen atoms in total. The number of nitrogens with one attached hydrogen (secondary N) is 3. The average Bonchev–Trinajstić information content (AvgIpc) is 3.35. The van der Waals surface area contributed by atoms with Gasteiger partial charge in [0.1, 0.15) is 0 Å². The van der Waals surface area contributed by atoms with Gasteiger partial charge in [0.15, 0.2) is 5.82 Å². The molecule has 4 aliphatic carbocycles. The highest BCUT2D eigenvalue weighted by molar-refractivity contribution is 5.96. The van der Waals surface area contributed by atoms with Crippen molar-refractivity contribution >= 4 is 17.6 Å². The molecule has 2 atom stereocenters. The van der Waals surface area contributed by atoms with Gasteiger partial charge in [0.25, 0.3) is 0 Å². The van der Waals surface area contributed by atoms with Gasteiger partial charge in [-0.05, 0) is 74.3 Å². The number of aromatic amines is 1. The molecule has 3 aromatic rings. The van der Waals surface area contributed by atoms with Crippen LogP contribution in [0, 0.1) is 22.7 Å². The molecule has 4 aliphatic rings. The molecule has 4 fully saturated rings. The first-order valence-electron chi connectivity index (χ1n) is 13.3. The molecule has 36 heavy (non-hydrogen) atoms. The van der Waals surface area contributed by atoms with E-state index in [9.17, 15) is 9.59 Å². The molecule has 0 spiro atoms. The van der Waals surface area contributed by atoms with E-state index < -0.39 is 10.8 Å². The quantitative estimate of drug-likeness (QED) is 0.378. The number of rotatable bonds is 8. The van der Waals surface area contributed by atoms with Crippen LogP contribution in [-0.4, -0.2) is 28.6 Å². The summed E-state index contributed by atoms with van der Waals surface area (Å²) in [6, 6.07) is 22.3. The Morgan fingerprint density at radius 1 is 0.889 bits per heavy atom. The number of nitrogens with zero attached hydrogens (tertiary/aromatic N) is 1. The van der Waals surface area contributed by atoms with E-state index in [1.807, 2.05) is 42.5 Å². The summed E-state index contributed by atoms with van der Waals surface area (Å²) in [6.45, 7) is 0.680. The Bertz CT molecular complexity index is 1220. The van der Waals surface area contributed by atoms with Gasteiger partial charge in [0.05, 0.1) is 16.5 Å². The normalized spacial score (nSPS) is 28.1. The minimum absolute atomic E-state index is 0.0314. The average molecular weight is 483 g/mol. The summed E-state index contributed by atoms with van der Waals surface area (Å²) in [6.07, 6.45) is 7.29. The van der Waals surface area contributed by atoms with Crippen molar-refractivity contribution in [2.24, 2.45) is 22.7 Å². The number of carbonyl (C=O) groups excluding carboxylic acids is 2. The van der Waals surface area contributed by atoms with Gasteiger partial charge in [-0.2, -0.15) is 5.10 Å². The van der Waals surface area contributed by atoms with Crippen molar-refractivity contribution < 1.29 is 9.59 Å².